The zero-order valence-corrected chi connectivity index (χ0v) is 13.9. The summed E-state index contributed by atoms with van der Waals surface area (Å²) < 4.78 is 23.8. The molecule has 19 heavy (non-hydrogen) atoms. The van der Waals surface area contributed by atoms with Gasteiger partial charge >= 0.3 is 7.60 Å². The van der Waals surface area contributed by atoms with Crippen LogP contribution in [0.4, 0.5) is 0 Å². The Labute approximate surface area is 122 Å². The smallest absolute Gasteiger partial charge is 0.309 e. The molecule has 0 saturated heterocycles. The fourth-order valence-corrected chi connectivity index (χ4v) is 4.58. The fourth-order valence-electron chi connectivity index (χ4n) is 2.31. The topological polar surface area (TPSA) is 35.5 Å². The van der Waals surface area contributed by atoms with E-state index in [0.717, 1.165) is 32.1 Å². The second kappa shape index (κ2) is 9.39. The molecule has 0 radical (unpaired) electrons. The molecule has 0 aromatic carbocycles. The van der Waals surface area contributed by atoms with Gasteiger partial charge in [-0.2, -0.15) is 0 Å². The normalized spacial score (nSPS) is 27.1. The SMILES string of the molecule is CCCCP(=O)(OCCC)OCC1CCCCC1Cl. The van der Waals surface area contributed by atoms with Crippen LogP contribution in [0.15, 0.2) is 0 Å². The fraction of sp³-hybridized carbons (Fsp3) is 1.00. The standard InChI is InChI=1S/C14H28ClO3P/c1-3-5-11-19(16,17-10-4-2)18-12-13-8-6-7-9-14(13)15/h13-14H,3-12H2,1-2H3. The van der Waals surface area contributed by atoms with Crippen LogP contribution in [0.5, 0.6) is 0 Å². The summed E-state index contributed by atoms with van der Waals surface area (Å²) in [5, 5.41) is 0.166. The van der Waals surface area contributed by atoms with Crippen LogP contribution < -0.4 is 0 Å². The van der Waals surface area contributed by atoms with Crippen LogP contribution in [0.3, 0.4) is 0 Å². The molecule has 114 valence electrons. The molecule has 0 aromatic heterocycles. The highest BCUT2D eigenvalue weighted by molar-refractivity contribution is 7.53. The predicted octanol–water partition coefficient (Wildman–Crippen LogP) is 5.22. The van der Waals surface area contributed by atoms with Gasteiger partial charge in [-0.3, -0.25) is 4.57 Å². The van der Waals surface area contributed by atoms with Crippen LogP contribution in [0.25, 0.3) is 0 Å². The van der Waals surface area contributed by atoms with Crippen LogP contribution in [0.1, 0.15) is 58.8 Å². The molecule has 1 rings (SSSR count). The molecule has 1 aliphatic carbocycles. The second-order valence-corrected chi connectivity index (χ2v) is 8.12. The van der Waals surface area contributed by atoms with Crippen molar-refractivity contribution in [3.8, 4) is 0 Å². The number of hydrogen-bond donors (Lipinski definition) is 0. The summed E-state index contributed by atoms with van der Waals surface area (Å²) >= 11 is 6.31. The molecule has 0 heterocycles. The van der Waals surface area contributed by atoms with Gasteiger partial charge in [0.25, 0.3) is 0 Å². The minimum atomic E-state index is -2.90. The van der Waals surface area contributed by atoms with Gasteiger partial charge in [0, 0.05) is 5.38 Å². The lowest BCUT2D eigenvalue weighted by Crippen LogP contribution is -2.24. The summed E-state index contributed by atoms with van der Waals surface area (Å²) in [7, 11) is -2.90. The molecule has 1 saturated carbocycles. The maximum atomic E-state index is 12.6. The van der Waals surface area contributed by atoms with Crippen molar-refractivity contribution in [3.05, 3.63) is 0 Å². The predicted molar refractivity (Wildman–Crippen MR) is 81.2 cm³/mol. The summed E-state index contributed by atoms with van der Waals surface area (Å²) in [5.41, 5.74) is 0. The van der Waals surface area contributed by atoms with Gasteiger partial charge in [-0.1, -0.05) is 33.1 Å². The summed E-state index contributed by atoms with van der Waals surface area (Å²) in [4.78, 5) is 0. The third-order valence-corrected chi connectivity index (χ3v) is 6.14. The van der Waals surface area contributed by atoms with Crippen molar-refractivity contribution in [2.45, 2.75) is 64.2 Å². The first-order valence-electron chi connectivity index (χ1n) is 7.63. The molecular weight excluding hydrogens is 283 g/mol. The molecule has 1 fully saturated rings. The Kier molecular flexibility index (Phi) is 8.64. The van der Waals surface area contributed by atoms with E-state index >= 15 is 0 Å². The highest BCUT2D eigenvalue weighted by atomic mass is 35.5. The van der Waals surface area contributed by atoms with E-state index in [-0.39, 0.29) is 5.38 Å². The summed E-state index contributed by atoms with van der Waals surface area (Å²) in [5.74, 6) is 0.329. The Morgan fingerprint density at radius 2 is 1.89 bits per heavy atom. The van der Waals surface area contributed by atoms with Crippen molar-refractivity contribution in [2.24, 2.45) is 5.92 Å². The van der Waals surface area contributed by atoms with Gasteiger partial charge in [-0.15, -0.1) is 11.6 Å². The monoisotopic (exact) mass is 310 g/mol. The van der Waals surface area contributed by atoms with E-state index in [1.165, 1.54) is 12.8 Å². The van der Waals surface area contributed by atoms with E-state index in [9.17, 15) is 4.57 Å². The van der Waals surface area contributed by atoms with Gasteiger partial charge in [-0.25, -0.2) is 0 Å². The van der Waals surface area contributed by atoms with Crippen molar-refractivity contribution in [2.75, 3.05) is 19.4 Å². The Morgan fingerprint density at radius 1 is 1.16 bits per heavy atom. The molecular formula is C14H28ClO3P. The lowest BCUT2D eigenvalue weighted by atomic mass is 9.89. The Balaban J connectivity index is 2.44. The number of halogens is 1. The van der Waals surface area contributed by atoms with Gasteiger partial charge in [0.15, 0.2) is 0 Å². The summed E-state index contributed by atoms with van der Waals surface area (Å²) in [6.07, 6.45) is 7.81. The van der Waals surface area contributed by atoms with Crippen LogP contribution in [0, 0.1) is 5.92 Å². The minimum Gasteiger partial charge on any atom is -0.309 e. The van der Waals surface area contributed by atoms with Crippen molar-refractivity contribution in [1.29, 1.82) is 0 Å². The molecule has 1 aliphatic rings. The van der Waals surface area contributed by atoms with E-state index in [4.69, 9.17) is 20.6 Å². The third kappa shape index (κ3) is 6.62. The lowest BCUT2D eigenvalue weighted by molar-refractivity contribution is 0.162. The van der Waals surface area contributed by atoms with E-state index in [2.05, 4.69) is 6.92 Å². The van der Waals surface area contributed by atoms with Crippen LogP contribution in [-0.4, -0.2) is 24.8 Å². The molecule has 0 amide bonds. The first kappa shape index (κ1) is 17.5. The summed E-state index contributed by atoms with van der Waals surface area (Å²) in [6.45, 7) is 5.09. The maximum Gasteiger partial charge on any atom is 0.330 e. The zero-order valence-electron chi connectivity index (χ0n) is 12.3. The highest BCUT2D eigenvalue weighted by Gasteiger charge is 2.29. The first-order valence-corrected chi connectivity index (χ1v) is 9.80. The molecule has 0 N–H and O–H groups in total. The maximum absolute atomic E-state index is 12.6. The lowest BCUT2D eigenvalue weighted by Gasteiger charge is -2.28. The molecule has 3 unspecified atom stereocenters. The Morgan fingerprint density at radius 3 is 2.53 bits per heavy atom. The van der Waals surface area contributed by atoms with Gasteiger partial charge < -0.3 is 9.05 Å². The Hall–Kier alpha value is 0.440. The van der Waals surface area contributed by atoms with E-state index in [0.29, 0.717) is 25.3 Å². The Bertz CT molecular complexity index is 274. The van der Waals surface area contributed by atoms with Gasteiger partial charge in [-0.05, 0) is 31.6 Å². The molecule has 0 aromatic rings. The van der Waals surface area contributed by atoms with Gasteiger partial charge in [0.1, 0.15) is 0 Å². The van der Waals surface area contributed by atoms with Crippen LogP contribution >= 0.6 is 19.2 Å². The second-order valence-electron chi connectivity index (χ2n) is 5.38. The number of rotatable bonds is 9. The number of hydrogen-bond acceptors (Lipinski definition) is 3. The van der Waals surface area contributed by atoms with Crippen molar-refractivity contribution >= 4 is 19.2 Å². The van der Waals surface area contributed by atoms with E-state index < -0.39 is 7.60 Å². The van der Waals surface area contributed by atoms with Crippen LogP contribution in [0.2, 0.25) is 0 Å². The highest BCUT2D eigenvalue weighted by Crippen LogP contribution is 2.50. The number of alkyl halides is 1. The van der Waals surface area contributed by atoms with Crippen molar-refractivity contribution < 1.29 is 13.6 Å². The molecule has 3 nitrogen and oxygen atoms in total. The molecule has 0 bridgehead atoms. The molecule has 3 atom stereocenters. The minimum absolute atomic E-state index is 0.166. The molecule has 5 heteroatoms. The molecule has 0 spiro atoms. The van der Waals surface area contributed by atoms with E-state index in [1.54, 1.807) is 0 Å². The molecule has 0 aliphatic heterocycles. The zero-order chi connectivity index (χ0) is 14.1. The first-order chi connectivity index (χ1) is 9.11. The average Bonchev–Trinajstić information content (AvgIpc) is 2.42. The van der Waals surface area contributed by atoms with E-state index in [1.807, 2.05) is 6.92 Å². The number of unbranched alkanes of at least 4 members (excludes halogenated alkanes) is 1. The average molecular weight is 311 g/mol. The van der Waals surface area contributed by atoms with Crippen LogP contribution in [-0.2, 0) is 13.6 Å². The van der Waals surface area contributed by atoms with Crippen molar-refractivity contribution in [3.63, 3.8) is 0 Å². The van der Waals surface area contributed by atoms with Gasteiger partial charge in [0.2, 0.25) is 0 Å². The largest absolute Gasteiger partial charge is 0.330 e. The quantitative estimate of drug-likeness (QED) is 0.432. The van der Waals surface area contributed by atoms with Gasteiger partial charge in [0.05, 0.1) is 19.4 Å². The third-order valence-electron chi connectivity index (χ3n) is 3.58. The summed E-state index contributed by atoms with van der Waals surface area (Å²) in [6, 6.07) is 0. The van der Waals surface area contributed by atoms with Crippen molar-refractivity contribution in [1.82, 2.24) is 0 Å².